The molecule has 1 saturated heterocycles. The van der Waals surface area contributed by atoms with E-state index in [1.165, 1.54) is 24.0 Å². The third-order valence-electron chi connectivity index (χ3n) is 5.08. The Labute approximate surface area is 153 Å². The number of halogens is 1. The summed E-state index contributed by atoms with van der Waals surface area (Å²) >= 11 is 3.70. The van der Waals surface area contributed by atoms with Gasteiger partial charge in [0.25, 0.3) is 0 Å². The third-order valence-corrected chi connectivity index (χ3v) is 5.70. The monoisotopic (exact) mass is 387 g/mol. The van der Waals surface area contributed by atoms with Gasteiger partial charge in [-0.3, -0.25) is 0 Å². The van der Waals surface area contributed by atoms with Crippen molar-refractivity contribution < 1.29 is 4.74 Å². The zero-order valence-electron chi connectivity index (χ0n) is 14.5. The van der Waals surface area contributed by atoms with E-state index in [2.05, 4.69) is 83.6 Å². The Kier molecular flexibility index (Phi) is 5.62. The van der Waals surface area contributed by atoms with Crippen LogP contribution in [0.5, 0.6) is 5.75 Å². The molecule has 0 spiro atoms. The summed E-state index contributed by atoms with van der Waals surface area (Å²) in [5.41, 5.74) is 2.58. The molecule has 0 aliphatic carbocycles. The highest BCUT2D eigenvalue weighted by atomic mass is 79.9. The van der Waals surface area contributed by atoms with E-state index < -0.39 is 0 Å². The molecule has 3 heteroatoms. The molecule has 3 rings (SSSR count). The smallest absolute Gasteiger partial charge is 0.133 e. The molecule has 1 aliphatic heterocycles. The molecule has 1 N–H and O–H groups in total. The highest BCUT2D eigenvalue weighted by molar-refractivity contribution is 9.10. The van der Waals surface area contributed by atoms with Gasteiger partial charge in [0.05, 0.1) is 11.1 Å². The summed E-state index contributed by atoms with van der Waals surface area (Å²) in [6.07, 6.45) is 2.41. The number of piperidine rings is 1. The molecule has 0 unspecified atom stereocenters. The highest BCUT2D eigenvalue weighted by Crippen LogP contribution is 2.36. The van der Waals surface area contributed by atoms with Crippen molar-refractivity contribution >= 4 is 15.9 Å². The van der Waals surface area contributed by atoms with Crippen LogP contribution in [0.2, 0.25) is 0 Å². The Hall–Kier alpha value is -1.32. The topological polar surface area (TPSA) is 21.3 Å². The maximum Gasteiger partial charge on any atom is 0.133 e. The second-order valence-electron chi connectivity index (χ2n) is 7.14. The molecule has 1 heterocycles. The van der Waals surface area contributed by atoms with E-state index in [0.717, 1.165) is 29.9 Å². The molecule has 24 heavy (non-hydrogen) atoms. The third kappa shape index (κ3) is 4.01. The fourth-order valence-corrected chi connectivity index (χ4v) is 3.78. The van der Waals surface area contributed by atoms with Crippen LogP contribution in [0.1, 0.15) is 37.8 Å². The minimum atomic E-state index is -0.0304. The minimum absolute atomic E-state index is 0.0304. The van der Waals surface area contributed by atoms with Gasteiger partial charge in [-0.15, -0.1) is 0 Å². The number of ether oxygens (including phenoxy) is 1. The van der Waals surface area contributed by atoms with Gasteiger partial charge in [0, 0.05) is 5.41 Å². The fraction of sp³-hybridized carbons (Fsp3) is 0.429. The largest absolute Gasteiger partial charge is 0.492 e. The molecule has 0 amide bonds. The van der Waals surface area contributed by atoms with Gasteiger partial charge < -0.3 is 10.1 Å². The maximum absolute atomic E-state index is 6.07. The van der Waals surface area contributed by atoms with Crippen LogP contribution in [0, 0.1) is 5.92 Å². The average molecular weight is 388 g/mol. The summed E-state index contributed by atoms with van der Waals surface area (Å²) in [7, 11) is 0. The van der Waals surface area contributed by atoms with Gasteiger partial charge in [-0.2, -0.15) is 0 Å². The number of rotatable bonds is 5. The minimum Gasteiger partial charge on any atom is -0.492 e. The second kappa shape index (κ2) is 7.71. The first kappa shape index (κ1) is 17.5. The molecule has 128 valence electrons. The van der Waals surface area contributed by atoms with Crippen LogP contribution in [-0.4, -0.2) is 19.7 Å². The fourth-order valence-electron chi connectivity index (χ4n) is 3.28. The van der Waals surface area contributed by atoms with Crippen molar-refractivity contribution in [1.82, 2.24) is 5.32 Å². The first-order chi connectivity index (χ1) is 11.6. The van der Waals surface area contributed by atoms with Gasteiger partial charge >= 0.3 is 0 Å². The van der Waals surface area contributed by atoms with Crippen molar-refractivity contribution in [3.63, 3.8) is 0 Å². The molecular formula is C21H26BrNO. The Morgan fingerprint density at radius 3 is 2.42 bits per heavy atom. The van der Waals surface area contributed by atoms with Gasteiger partial charge in [-0.1, -0.05) is 50.2 Å². The normalized spacial score (nSPS) is 16.1. The van der Waals surface area contributed by atoms with Crippen molar-refractivity contribution in [1.29, 1.82) is 0 Å². The zero-order valence-corrected chi connectivity index (χ0v) is 16.1. The Morgan fingerprint density at radius 2 is 1.75 bits per heavy atom. The van der Waals surface area contributed by atoms with E-state index in [0.29, 0.717) is 5.92 Å². The lowest BCUT2D eigenvalue weighted by molar-refractivity contribution is 0.214. The van der Waals surface area contributed by atoms with Gasteiger partial charge in [0.15, 0.2) is 0 Å². The number of hydrogen-bond donors (Lipinski definition) is 1. The summed E-state index contributed by atoms with van der Waals surface area (Å²) in [4.78, 5) is 0. The Balaban J connectivity index is 1.72. The van der Waals surface area contributed by atoms with Crippen LogP contribution in [0.3, 0.4) is 0 Å². The van der Waals surface area contributed by atoms with Gasteiger partial charge in [0.1, 0.15) is 5.75 Å². The van der Waals surface area contributed by atoms with Crippen molar-refractivity contribution in [2.75, 3.05) is 19.7 Å². The highest BCUT2D eigenvalue weighted by Gasteiger charge is 2.24. The number of benzene rings is 2. The summed E-state index contributed by atoms with van der Waals surface area (Å²) in [5.74, 6) is 1.61. The molecule has 0 radical (unpaired) electrons. The summed E-state index contributed by atoms with van der Waals surface area (Å²) in [6.45, 7) is 7.56. The van der Waals surface area contributed by atoms with Crippen molar-refractivity contribution in [2.24, 2.45) is 5.92 Å². The lowest BCUT2D eigenvalue weighted by atomic mass is 9.78. The summed E-state index contributed by atoms with van der Waals surface area (Å²) in [6, 6.07) is 17.1. The van der Waals surface area contributed by atoms with Crippen LogP contribution >= 0.6 is 15.9 Å². The first-order valence-electron chi connectivity index (χ1n) is 8.76. The van der Waals surface area contributed by atoms with Gasteiger partial charge in [0.2, 0.25) is 0 Å². The molecule has 0 aromatic heterocycles. The van der Waals surface area contributed by atoms with Crippen LogP contribution in [-0.2, 0) is 5.41 Å². The van der Waals surface area contributed by atoms with E-state index in [9.17, 15) is 0 Å². The second-order valence-corrected chi connectivity index (χ2v) is 7.99. The van der Waals surface area contributed by atoms with Crippen molar-refractivity contribution in [2.45, 2.75) is 32.1 Å². The molecule has 0 atom stereocenters. The first-order valence-corrected chi connectivity index (χ1v) is 9.56. The molecule has 2 nitrogen and oxygen atoms in total. The zero-order chi connectivity index (χ0) is 17.0. The van der Waals surface area contributed by atoms with Crippen molar-refractivity contribution in [3.05, 3.63) is 64.1 Å². The molecule has 1 fully saturated rings. The van der Waals surface area contributed by atoms with Crippen molar-refractivity contribution in [3.8, 4) is 5.75 Å². The van der Waals surface area contributed by atoms with E-state index >= 15 is 0 Å². The predicted molar refractivity (Wildman–Crippen MR) is 104 cm³/mol. The van der Waals surface area contributed by atoms with E-state index in [1.807, 2.05) is 0 Å². The van der Waals surface area contributed by atoms with Crippen LogP contribution in [0.25, 0.3) is 0 Å². The van der Waals surface area contributed by atoms with E-state index in [4.69, 9.17) is 4.74 Å². The summed E-state index contributed by atoms with van der Waals surface area (Å²) < 4.78 is 7.11. The quantitative estimate of drug-likeness (QED) is 0.765. The molecule has 1 aliphatic rings. The van der Waals surface area contributed by atoms with E-state index in [-0.39, 0.29) is 5.41 Å². The van der Waals surface area contributed by atoms with Crippen LogP contribution in [0.15, 0.2) is 53.0 Å². The lowest BCUT2D eigenvalue weighted by Crippen LogP contribution is -2.30. The van der Waals surface area contributed by atoms with Crippen LogP contribution in [0.4, 0.5) is 0 Å². The van der Waals surface area contributed by atoms with Crippen LogP contribution < -0.4 is 10.1 Å². The molecule has 0 saturated carbocycles. The Morgan fingerprint density at radius 1 is 1.04 bits per heavy atom. The maximum atomic E-state index is 6.07. The number of hydrogen-bond acceptors (Lipinski definition) is 2. The summed E-state index contributed by atoms with van der Waals surface area (Å²) in [5, 5.41) is 3.40. The molecule has 2 aromatic carbocycles. The molecule has 0 bridgehead atoms. The molecule has 2 aromatic rings. The van der Waals surface area contributed by atoms with E-state index in [1.54, 1.807) is 0 Å². The molecular weight excluding hydrogens is 362 g/mol. The average Bonchev–Trinajstić information content (AvgIpc) is 2.62. The standard InChI is InChI=1S/C21H26BrNO/c1-21(2,17-6-4-3-5-7-17)18-8-9-20(19(22)14-18)24-15-16-10-12-23-13-11-16/h3-9,14,16,23H,10-13,15H2,1-2H3. The van der Waals surface area contributed by atoms with Gasteiger partial charge in [-0.25, -0.2) is 0 Å². The Bertz CT molecular complexity index is 663. The van der Waals surface area contributed by atoms with Gasteiger partial charge in [-0.05, 0) is 71.0 Å². The lowest BCUT2D eigenvalue weighted by Gasteiger charge is -2.27. The SMILES string of the molecule is CC(C)(c1ccccc1)c1ccc(OCC2CCNCC2)c(Br)c1. The predicted octanol–water partition coefficient (Wildman–Crippen LogP) is 5.15. The number of nitrogens with one attached hydrogen (secondary N) is 1.